The van der Waals surface area contributed by atoms with Crippen LogP contribution in [0.25, 0.3) is 11.3 Å². The van der Waals surface area contributed by atoms with Crippen molar-refractivity contribution < 1.29 is 14.3 Å². The minimum absolute atomic E-state index is 0.185. The number of rotatable bonds is 5. The molecule has 0 bridgehead atoms. The summed E-state index contributed by atoms with van der Waals surface area (Å²) in [6, 6.07) is 15.3. The zero-order valence-electron chi connectivity index (χ0n) is 17.8. The van der Waals surface area contributed by atoms with Gasteiger partial charge in [0.15, 0.2) is 11.5 Å². The molecule has 3 aromatic rings. The molecule has 1 fully saturated rings. The van der Waals surface area contributed by atoms with Crippen molar-refractivity contribution in [2.75, 3.05) is 23.8 Å². The summed E-state index contributed by atoms with van der Waals surface area (Å²) >= 11 is 0. The Kier molecular flexibility index (Phi) is 5.87. The minimum Gasteiger partial charge on any atom is -0.486 e. The lowest BCUT2D eigenvalue weighted by Gasteiger charge is -2.23. The first-order valence-electron chi connectivity index (χ1n) is 11.1. The molecule has 0 spiro atoms. The number of carbonyl (C=O) groups excluding carboxylic acids is 1. The van der Waals surface area contributed by atoms with Crippen LogP contribution < -0.4 is 20.1 Å². The average Bonchev–Trinajstić information content (AvgIpc) is 2.85. The van der Waals surface area contributed by atoms with E-state index in [-0.39, 0.29) is 5.91 Å². The molecular formula is C25H26N4O3. The Bertz CT molecular complexity index is 1090. The molecule has 7 nitrogen and oxygen atoms in total. The van der Waals surface area contributed by atoms with Gasteiger partial charge in [-0.3, -0.25) is 4.79 Å². The van der Waals surface area contributed by atoms with Gasteiger partial charge in [0.25, 0.3) is 5.91 Å². The summed E-state index contributed by atoms with van der Waals surface area (Å²) in [4.78, 5) is 21.5. The van der Waals surface area contributed by atoms with E-state index in [9.17, 15) is 4.79 Å². The number of carbonyl (C=O) groups is 1. The Morgan fingerprint density at radius 1 is 0.875 bits per heavy atom. The molecule has 7 heteroatoms. The second kappa shape index (κ2) is 9.26. The maximum atomic E-state index is 12.7. The lowest BCUT2D eigenvalue weighted by atomic mass is 9.95. The number of nitrogens with one attached hydrogen (secondary N) is 2. The van der Waals surface area contributed by atoms with Gasteiger partial charge in [-0.25, -0.2) is 9.97 Å². The number of amides is 1. The highest BCUT2D eigenvalue weighted by Gasteiger charge is 2.15. The number of ether oxygens (including phenoxy) is 2. The first kappa shape index (κ1) is 20.3. The first-order valence-corrected chi connectivity index (χ1v) is 11.1. The molecule has 0 unspecified atom stereocenters. The Labute approximate surface area is 187 Å². The Balaban J connectivity index is 1.25. The summed E-state index contributed by atoms with van der Waals surface area (Å²) in [5.74, 6) is 2.00. The molecule has 32 heavy (non-hydrogen) atoms. The molecule has 1 amide bonds. The lowest BCUT2D eigenvalue weighted by Crippen LogP contribution is -2.22. The SMILES string of the molecule is O=C(Nc1ccc2c(c1)OCCO2)c1ccc(-c2cc(NC3CCCCC3)ncn2)cc1. The third-order valence-electron chi connectivity index (χ3n) is 5.87. The number of aromatic nitrogens is 2. The van der Waals surface area contributed by atoms with Gasteiger partial charge >= 0.3 is 0 Å². The largest absolute Gasteiger partial charge is 0.486 e. The van der Waals surface area contributed by atoms with E-state index in [1.165, 1.54) is 32.1 Å². The van der Waals surface area contributed by atoms with Gasteiger partial charge in [0.1, 0.15) is 25.4 Å². The number of fused-ring (bicyclic) bond motifs is 1. The van der Waals surface area contributed by atoms with Crippen LogP contribution >= 0.6 is 0 Å². The van der Waals surface area contributed by atoms with Gasteiger partial charge in [0, 0.05) is 35.0 Å². The van der Waals surface area contributed by atoms with Crippen LogP contribution in [0.5, 0.6) is 11.5 Å². The molecule has 2 aliphatic rings. The zero-order chi connectivity index (χ0) is 21.8. The van der Waals surface area contributed by atoms with Gasteiger partial charge in [-0.15, -0.1) is 0 Å². The molecule has 2 aromatic carbocycles. The van der Waals surface area contributed by atoms with E-state index in [1.54, 1.807) is 30.6 Å². The van der Waals surface area contributed by atoms with E-state index in [0.29, 0.717) is 42.0 Å². The van der Waals surface area contributed by atoms with E-state index < -0.39 is 0 Å². The second-order valence-corrected chi connectivity index (χ2v) is 8.16. The molecular weight excluding hydrogens is 404 g/mol. The number of anilines is 2. The molecule has 2 heterocycles. The standard InChI is InChI=1S/C25H26N4O3/c30-25(29-20-10-11-22-23(14-20)32-13-12-31-22)18-8-6-17(7-9-18)21-15-24(27-16-26-21)28-19-4-2-1-3-5-19/h6-11,14-16,19H,1-5,12-13H2,(H,29,30)(H,26,27,28). The van der Waals surface area contributed by atoms with Crippen LogP contribution in [-0.2, 0) is 0 Å². The van der Waals surface area contributed by atoms with Crippen molar-refractivity contribution in [3.05, 3.63) is 60.4 Å². The summed E-state index contributed by atoms with van der Waals surface area (Å²) in [5, 5.41) is 6.45. The molecule has 0 atom stereocenters. The van der Waals surface area contributed by atoms with Crippen LogP contribution in [0, 0.1) is 0 Å². The fraction of sp³-hybridized carbons (Fsp3) is 0.320. The van der Waals surface area contributed by atoms with Gasteiger partial charge in [-0.1, -0.05) is 31.4 Å². The molecule has 1 saturated carbocycles. The normalized spacial score (nSPS) is 15.8. The smallest absolute Gasteiger partial charge is 0.255 e. The third kappa shape index (κ3) is 4.66. The van der Waals surface area contributed by atoms with E-state index >= 15 is 0 Å². The molecule has 2 N–H and O–H groups in total. The highest BCUT2D eigenvalue weighted by atomic mass is 16.6. The van der Waals surface area contributed by atoms with Crippen LogP contribution in [0.15, 0.2) is 54.9 Å². The van der Waals surface area contributed by atoms with E-state index in [4.69, 9.17) is 9.47 Å². The summed E-state index contributed by atoms with van der Waals surface area (Å²) < 4.78 is 11.1. The Morgan fingerprint density at radius 3 is 2.47 bits per heavy atom. The number of nitrogens with zero attached hydrogens (tertiary/aromatic N) is 2. The molecule has 1 aliphatic heterocycles. The van der Waals surface area contributed by atoms with Crippen LogP contribution in [-0.4, -0.2) is 35.1 Å². The van der Waals surface area contributed by atoms with Gasteiger partial charge in [-0.2, -0.15) is 0 Å². The van der Waals surface area contributed by atoms with Gasteiger partial charge in [0.05, 0.1) is 5.69 Å². The monoisotopic (exact) mass is 430 g/mol. The van der Waals surface area contributed by atoms with Crippen molar-refractivity contribution in [1.82, 2.24) is 9.97 Å². The average molecular weight is 431 g/mol. The van der Waals surface area contributed by atoms with Crippen molar-refractivity contribution in [3.63, 3.8) is 0 Å². The van der Waals surface area contributed by atoms with Gasteiger partial charge in [0.2, 0.25) is 0 Å². The lowest BCUT2D eigenvalue weighted by molar-refractivity contribution is 0.102. The summed E-state index contributed by atoms with van der Waals surface area (Å²) in [5.41, 5.74) is 3.00. The molecule has 1 aliphatic carbocycles. The maximum Gasteiger partial charge on any atom is 0.255 e. The van der Waals surface area contributed by atoms with Crippen molar-refractivity contribution >= 4 is 17.4 Å². The van der Waals surface area contributed by atoms with Crippen molar-refractivity contribution in [2.24, 2.45) is 0 Å². The highest BCUT2D eigenvalue weighted by Crippen LogP contribution is 2.32. The van der Waals surface area contributed by atoms with Crippen LogP contribution in [0.4, 0.5) is 11.5 Å². The topological polar surface area (TPSA) is 85.4 Å². The first-order chi connectivity index (χ1) is 15.7. The van der Waals surface area contributed by atoms with Crippen molar-refractivity contribution in [1.29, 1.82) is 0 Å². The number of benzene rings is 2. The van der Waals surface area contributed by atoms with Gasteiger partial charge < -0.3 is 20.1 Å². The molecule has 1 aromatic heterocycles. The fourth-order valence-corrected chi connectivity index (χ4v) is 4.17. The van der Waals surface area contributed by atoms with E-state index in [0.717, 1.165) is 17.1 Å². The maximum absolute atomic E-state index is 12.7. The van der Waals surface area contributed by atoms with Crippen LogP contribution in [0.2, 0.25) is 0 Å². The summed E-state index contributed by atoms with van der Waals surface area (Å²) in [6.45, 7) is 1.04. The highest BCUT2D eigenvalue weighted by molar-refractivity contribution is 6.04. The summed E-state index contributed by atoms with van der Waals surface area (Å²) in [7, 11) is 0. The van der Waals surface area contributed by atoms with E-state index in [1.807, 2.05) is 24.3 Å². The predicted molar refractivity (Wildman–Crippen MR) is 123 cm³/mol. The van der Waals surface area contributed by atoms with Gasteiger partial charge in [-0.05, 0) is 37.1 Å². The minimum atomic E-state index is -0.185. The number of hydrogen-bond acceptors (Lipinski definition) is 6. The van der Waals surface area contributed by atoms with Crippen molar-refractivity contribution in [2.45, 2.75) is 38.1 Å². The fourth-order valence-electron chi connectivity index (χ4n) is 4.17. The molecule has 164 valence electrons. The van der Waals surface area contributed by atoms with E-state index in [2.05, 4.69) is 20.6 Å². The molecule has 5 rings (SSSR count). The Hall–Kier alpha value is -3.61. The quantitative estimate of drug-likeness (QED) is 0.598. The van der Waals surface area contributed by atoms with Crippen LogP contribution in [0.1, 0.15) is 42.5 Å². The molecule has 0 saturated heterocycles. The second-order valence-electron chi connectivity index (χ2n) is 8.16. The zero-order valence-corrected chi connectivity index (χ0v) is 17.8. The predicted octanol–water partition coefficient (Wildman–Crippen LogP) is 4.91. The summed E-state index contributed by atoms with van der Waals surface area (Å²) in [6.07, 6.45) is 7.82. The van der Waals surface area contributed by atoms with Crippen LogP contribution in [0.3, 0.4) is 0 Å². The molecule has 0 radical (unpaired) electrons. The third-order valence-corrected chi connectivity index (χ3v) is 5.87. The Morgan fingerprint density at radius 2 is 1.66 bits per heavy atom. The van der Waals surface area contributed by atoms with Crippen molar-refractivity contribution in [3.8, 4) is 22.8 Å². The number of hydrogen-bond donors (Lipinski definition) is 2.